The van der Waals surface area contributed by atoms with Crippen molar-refractivity contribution in [1.29, 1.82) is 0 Å². The van der Waals surface area contributed by atoms with E-state index in [2.05, 4.69) is 6.07 Å². The number of likely N-dealkylation sites (N-methyl/N-ethyl adjacent to an activating group) is 1. The van der Waals surface area contributed by atoms with Gasteiger partial charge in [-0.3, -0.25) is 0 Å². The molecule has 1 aromatic heterocycles. The highest BCUT2D eigenvalue weighted by molar-refractivity contribution is 7.89. The predicted octanol–water partition coefficient (Wildman–Crippen LogP) is 4.38. The van der Waals surface area contributed by atoms with Gasteiger partial charge in [0, 0.05) is 42.1 Å². The lowest BCUT2D eigenvalue weighted by atomic mass is 10.0. The summed E-state index contributed by atoms with van der Waals surface area (Å²) >= 11 is 6.15. The van der Waals surface area contributed by atoms with Gasteiger partial charge in [-0.05, 0) is 44.0 Å². The number of halogens is 1. The Kier molecular flexibility index (Phi) is 6.57. The van der Waals surface area contributed by atoms with Crippen molar-refractivity contribution in [2.75, 3.05) is 13.7 Å². The molecule has 0 unspecified atom stereocenters. The molecule has 2 aliphatic rings. The Morgan fingerprint density at radius 3 is 2.58 bits per heavy atom. The fourth-order valence-electron chi connectivity index (χ4n) is 4.65. The normalized spacial score (nSPS) is 17.1. The number of fused-ring (bicyclic) bond motifs is 2. The average Bonchev–Trinajstić information content (AvgIpc) is 3.47. The Balaban J connectivity index is 0.00000259. The number of rotatable bonds is 5. The van der Waals surface area contributed by atoms with Crippen LogP contribution in [-0.2, 0) is 29.3 Å². The monoisotopic (exact) mass is 505 g/mol. The van der Waals surface area contributed by atoms with Gasteiger partial charge in [0.05, 0.1) is 23.2 Å². The van der Waals surface area contributed by atoms with E-state index in [-0.39, 0.29) is 19.5 Å². The summed E-state index contributed by atoms with van der Waals surface area (Å²) in [7, 11) is -1.67. The summed E-state index contributed by atoms with van der Waals surface area (Å²) in [5, 5.41) is 5.19. The minimum atomic E-state index is -3.35. The van der Waals surface area contributed by atoms with E-state index in [4.69, 9.17) is 21.4 Å². The zero-order valence-corrected chi connectivity index (χ0v) is 21.4. The van der Waals surface area contributed by atoms with Gasteiger partial charge < -0.3 is 4.74 Å². The molecule has 1 aliphatic heterocycles. The Hall–Kier alpha value is -2.00. The summed E-state index contributed by atoms with van der Waals surface area (Å²) in [5.74, 6) is 0.875. The first-order chi connectivity index (χ1) is 15.3. The highest BCUT2D eigenvalue weighted by atomic mass is 35.5. The Morgan fingerprint density at radius 2 is 1.88 bits per heavy atom. The topological polar surface area (TPSA) is 64.4 Å². The number of sulfonamides is 1. The standard InChI is InChI=1S/C24H26ClN3O3S.H2S/c1-15(2)32(29,30)27(3)19-13-20-21(14-19)26-28(23(20)16-7-9-18(25)10-8-16)22-6-4-5-17-11-12-31-24(17)22;/h4-10,15,19H,11-14H2,1-3H3;1H2/t19-;/m0./s1. The third-order valence-electron chi connectivity index (χ3n) is 6.49. The molecule has 0 saturated carbocycles. The molecule has 0 spiro atoms. The maximum atomic E-state index is 12.8. The van der Waals surface area contributed by atoms with Gasteiger partial charge in [0.1, 0.15) is 11.4 Å². The van der Waals surface area contributed by atoms with Crippen molar-refractivity contribution in [3.63, 3.8) is 0 Å². The number of para-hydroxylation sites is 1. The third kappa shape index (κ3) is 4.07. The van der Waals surface area contributed by atoms with E-state index >= 15 is 0 Å². The molecule has 0 amide bonds. The van der Waals surface area contributed by atoms with Crippen LogP contribution in [0.25, 0.3) is 16.9 Å². The molecule has 2 heterocycles. The van der Waals surface area contributed by atoms with Gasteiger partial charge in [0.15, 0.2) is 0 Å². The molecule has 0 bridgehead atoms. The highest BCUT2D eigenvalue weighted by Crippen LogP contribution is 2.40. The molecular formula is C24H28ClN3O3S2. The molecule has 6 nitrogen and oxygen atoms in total. The Bertz CT molecular complexity index is 1290. The maximum Gasteiger partial charge on any atom is 0.216 e. The van der Waals surface area contributed by atoms with Gasteiger partial charge in [0.25, 0.3) is 0 Å². The summed E-state index contributed by atoms with van der Waals surface area (Å²) in [4.78, 5) is 0. The minimum Gasteiger partial charge on any atom is -0.491 e. The highest BCUT2D eigenvalue weighted by Gasteiger charge is 2.37. The van der Waals surface area contributed by atoms with E-state index in [1.54, 1.807) is 20.9 Å². The maximum absolute atomic E-state index is 12.8. The van der Waals surface area contributed by atoms with E-state index < -0.39 is 15.3 Å². The zero-order valence-electron chi connectivity index (χ0n) is 18.9. The number of ether oxygens (including phenoxy) is 1. The van der Waals surface area contributed by atoms with Crippen LogP contribution in [0.1, 0.15) is 30.7 Å². The Labute approximate surface area is 207 Å². The molecule has 1 aliphatic carbocycles. The summed E-state index contributed by atoms with van der Waals surface area (Å²) in [6.07, 6.45) is 2.09. The second-order valence-corrected chi connectivity index (χ2v) is 11.7. The van der Waals surface area contributed by atoms with E-state index in [0.29, 0.717) is 24.5 Å². The van der Waals surface area contributed by atoms with Crippen LogP contribution in [0.5, 0.6) is 5.75 Å². The van der Waals surface area contributed by atoms with Crippen molar-refractivity contribution < 1.29 is 13.2 Å². The van der Waals surface area contributed by atoms with Crippen molar-refractivity contribution in [3.05, 3.63) is 64.3 Å². The van der Waals surface area contributed by atoms with Crippen LogP contribution in [0.4, 0.5) is 0 Å². The molecule has 2 aromatic carbocycles. The van der Waals surface area contributed by atoms with Gasteiger partial charge >= 0.3 is 0 Å². The zero-order chi connectivity index (χ0) is 22.6. The number of benzene rings is 2. The van der Waals surface area contributed by atoms with Gasteiger partial charge in [-0.25, -0.2) is 17.4 Å². The summed E-state index contributed by atoms with van der Waals surface area (Å²) < 4.78 is 35.0. The van der Waals surface area contributed by atoms with Crippen molar-refractivity contribution in [3.8, 4) is 22.7 Å². The minimum absolute atomic E-state index is 0. The Morgan fingerprint density at radius 1 is 1.15 bits per heavy atom. The van der Waals surface area contributed by atoms with Crippen molar-refractivity contribution in [2.24, 2.45) is 0 Å². The number of hydrogen-bond acceptors (Lipinski definition) is 4. The van der Waals surface area contributed by atoms with Crippen molar-refractivity contribution >= 4 is 35.1 Å². The molecule has 5 rings (SSSR count). The molecule has 176 valence electrons. The summed E-state index contributed by atoms with van der Waals surface area (Å²) in [6, 6.07) is 13.7. The number of nitrogens with zero attached hydrogens (tertiary/aromatic N) is 3. The molecule has 0 radical (unpaired) electrons. The molecule has 1 atom stereocenters. The van der Waals surface area contributed by atoms with Crippen LogP contribution in [0, 0.1) is 0 Å². The van der Waals surface area contributed by atoms with Crippen LogP contribution in [0.2, 0.25) is 5.02 Å². The van der Waals surface area contributed by atoms with Gasteiger partial charge in [-0.2, -0.15) is 18.6 Å². The lowest BCUT2D eigenvalue weighted by Gasteiger charge is -2.26. The summed E-state index contributed by atoms with van der Waals surface area (Å²) in [5.41, 5.74) is 6.08. The quantitative estimate of drug-likeness (QED) is 0.516. The van der Waals surface area contributed by atoms with E-state index in [1.807, 2.05) is 41.1 Å². The van der Waals surface area contributed by atoms with Crippen LogP contribution < -0.4 is 4.74 Å². The van der Waals surface area contributed by atoms with E-state index in [0.717, 1.165) is 40.4 Å². The fourth-order valence-corrected chi connectivity index (χ4v) is 6.00. The first-order valence-corrected chi connectivity index (χ1v) is 12.7. The molecule has 0 saturated heterocycles. The van der Waals surface area contributed by atoms with Gasteiger partial charge in [-0.1, -0.05) is 35.9 Å². The lowest BCUT2D eigenvalue weighted by Crippen LogP contribution is -2.41. The molecule has 0 fully saturated rings. The van der Waals surface area contributed by atoms with Crippen LogP contribution in [-0.4, -0.2) is 47.4 Å². The smallest absolute Gasteiger partial charge is 0.216 e. The summed E-state index contributed by atoms with van der Waals surface area (Å²) in [6.45, 7) is 4.11. The molecule has 0 N–H and O–H groups in total. The van der Waals surface area contributed by atoms with Gasteiger partial charge in [0.2, 0.25) is 10.0 Å². The van der Waals surface area contributed by atoms with Crippen LogP contribution in [0.3, 0.4) is 0 Å². The molecule has 33 heavy (non-hydrogen) atoms. The number of aromatic nitrogens is 2. The van der Waals surface area contributed by atoms with Crippen LogP contribution in [0.15, 0.2) is 42.5 Å². The fraction of sp³-hybridized carbons (Fsp3) is 0.375. The number of hydrogen-bond donors (Lipinski definition) is 0. The second kappa shape index (κ2) is 8.98. The van der Waals surface area contributed by atoms with Gasteiger partial charge in [-0.15, -0.1) is 0 Å². The second-order valence-electron chi connectivity index (χ2n) is 8.73. The first kappa shape index (κ1) is 24.1. The SMILES string of the molecule is CC(C)S(=O)(=O)N(C)[C@@H]1Cc2nn(-c3cccc4c3OCC4)c(-c3ccc(Cl)cc3)c2C1.S. The van der Waals surface area contributed by atoms with Crippen molar-refractivity contribution in [1.82, 2.24) is 14.1 Å². The molecule has 9 heteroatoms. The third-order valence-corrected chi connectivity index (χ3v) is 9.03. The predicted molar refractivity (Wildman–Crippen MR) is 137 cm³/mol. The average molecular weight is 506 g/mol. The van der Waals surface area contributed by atoms with Crippen molar-refractivity contribution in [2.45, 2.75) is 44.4 Å². The lowest BCUT2D eigenvalue weighted by molar-refractivity contribution is 0.354. The van der Waals surface area contributed by atoms with E-state index in [9.17, 15) is 8.42 Å². The largest absolute Gasteiger partial charge is 0.491 e. The molecular weight excluding hydrogens is 478 g/mol. The van der Waals surface area contributed by atoms with E-state index in [1.165, 1.54) is 9.87 Å². The molecule has 3 aromatic rings. The van der Waals surface area contributed by atoms with Crippen LogP contribution >= 0.6 is 25.1 Å². The first-order valence-electron chi connectivity index (χ1n) is 10.9.